The minimum atomic E-state index is -0.256. The Kier molecular flexibility index (Phi) is 2.83. The van der Waals surface area contributed by atoms with Crippen molar-refractivity contribution < 1.29 is 4.39 Å². The van der Waals surface area contributed by atoms with Gasteiger partial charge in [0, 0.05) is 12.6 Å². The zero-order valence-electron chi connectivity index (χ0n) is 7.43. The smallest absolute Gasteiger partial charge is 0.137 e. The molecule has 0 aliphatic carbocycles. The Labute approximate surface area is 90.0 Å². The van der Waals surface area contributed by atoms with E-state index < -0.39 is 0 Å². The lowest BCUT2D eigenvalue weighted by atomic mass is 10.0. The van der Waals surface area contributed by atoms with Crippen molar-refractivity contribution in [2.75, 3.05) is 6.54 Å². The summed E-state index contributed by atoms with van der Waals surface area (Å²) in [6, 6.07) is 5.00. The molecule has 0 saturated carbocycles. The third-order valence-corrected chi connectivity index (χ3v) is 2.93. The average molecular weight is 260 g/mol. The molecule has 0 amide bonds. The summed E-state index contributed by atoms with van der Waals surface area (Å²) in [5.74, 6) is -0.256. The second-order valence-electron chi connectivity index (χ2n) is 3.34. The summed E-state index contributed by atoms with van der Waals surface area (Å²) < 4.78 is 13.4. The average Bonchev–Trinajstić information content (AvgIpc) is 2.57. The fourth-order valence-corrected chi connectivity index (χ4v) is 1.94. The SMILES string of the molecule is NC1CNNC1c1ccc(F)c(Br)c1. The number of nitrogens with two attached hydrogens (primary N) is 1. The lowest BCUT2D eigenvalue weighted by Gasteiger charge is -2.15. The highest BCUT2D eigenvalue weighted by Crippen LogP contribution is 2.23. The predicted octanol–water partition coefficient (Wildman–Crippen LogP) is 1.06. The van der Waals surface area contributed by atoms with Gasteiger partial charge in [-0.25, -0.2) is 9.82 Å². The molecule has 3 nitrogen and oxygen atoms in total. The number of nitrogens with one attached hydrogen (secondary N) is 2. The summed E-state index contributed by atoms with van der Waals surface area (Å²) in [6.45, 7) is 0.722. The van der Waals surface area contributed by atoms with Gasteiger partial charge in [-0.3, -0.25) is 5.43 Å². The zero-order chi connectivity index (χ0) is 10.1. The minimum Gasteiger partial charge on any atom is -0.325 e. The minimum absolute atomic E-state index is 0.0207. The first-order chi connectivity index (χ1) is 6.68. The van der Waals surface area contributed by atoms with Gasteiger partial charge in [0.1, 0.15) is 5.82 Å². The van der Waals surface area contributed by atoms with Crippen molar-refractivity contribution in [2.45, 2.75) is 12.1 Å². The van der Waals surface area contributed by atoms with Crippen LogP contribution in [0, 0.1) is 5.82 Å². The Balaban J connectivity index is 2.28. The topological polar surface area (TPSA) is 50.1 Å². The highest BCUT2D eigenvalue weighted by atomic mass is 79.9. The maximum atomic E-state index is 13.0. The van der Waals surface area contributed by atoms with Crippen molar-refractivity contribution in [2.24, 2.45) is 5.73 Å². The first kappa shape index (κ1) is 10.0. The van der Waals surface area contributed by atoms with Crippen molar-refractivity contribution in [1.29, 1.82) is 0 Å². The van der Waals surface area contributed by atoms with Crippen LogP contribution >= 0.6 is 15.9 Å². The van der Waals surface area contributed by atoms with Gasteiger partial charge in [0.15, 0.2) is 0 Å². The van der Waals surface area contributed by atoms with E-state index in [1.807, 2.05) is 0 Å². The predicted molar refractivity (Wildman–Crippen MR) is 56.0 cm³/mol. The van der Waals surface area contributed by atoms with Crippen LogP contribution in [0.2, 0.25) is 0 Å². The molecule has 0 spiro atoms. The molecule has 0 aromatic heterocycles. The van der Waals surface area contributed by atoms with E-state index >= 15 is 0 Å². The molecule has 1 aromatic rings. The number of hydrazine groups is 1. The van der Waals surface area contributed by atoms with Gasteiger partial charge in [-0.05, 0) is 33.6 Å². The van der Waals surface area contributed by atoms with Crippen molar-refractivity contribution in [3.8, 4) is 0 Å². The lowest BCUT2D eigenvalue weighted by Crippen LogP contribution is -2.29. The van der Waals surface area contributed by atoms with Crippen molar-refractivity contribution in [1.82, 2.24) is 10.9 Å². The molecule has 2 atom stereocenters. The van der Waals surface area contributed by atoms with Gasteiger partial charge in [0.2, 0.25) is 0 Å². The van der Waals surface area contributed by atoms with E-state index in [-0.39, 0.29) is 17.9 Å². The van der Waals surface area contributed by atoms with Gasteiger partial charge in [0.05, 0.1) is 10.5 Å². The lowest BCUT2D eigenvalue weighted by molar-refractivity contribution is 0.548. The molecule has 14 heavy (non-hydrogen) atoms. The highest BCUT2D eigenvalue weighted by molar-refractivity contribution is 9.10. The second kappa shape index (κ2) is 3.94. The highest BCUT2D eigenvalue weighted by Gasteiger charge is 2.24. The zero-order valence-corrected chi connectivity index (χ0v) is 9.01. The number of benzene rings is 1. The number of rotatable bonds is 1. The van der Waals surface area contributed by atoms with Crippen LogP contribution in [0.25, 0.3) is 0 Å². The number of hydrogen-bond acceptors (Lipinski definition) is 3. The molecule has 1 aliphatic rings. The van der Waals surface area contributed by atoms with Crippen LogP contribution in [0.1, 0.15) is 11.6 Å². The van der Waals surface area contributed by atoms with Crippen LogP contribution < -0.4 is 16.6 Å². The molecule has 4 N–H and O–H groups in total. The molecule has 2 unspecified atom stereocenters. The number of halogens is 2. The first-order valence-corrected chi connectivity index (χ1v) is 5.16. The normalized spacial score (nSPS) is 26.8. The Morgan fingerprint density at radius 1 is 1.50 bits per heavy atom. The summed E-state index contributed by atoms with van der Waals surface area (Å²) in [4.78, 5) is 0. The largest absolute Gasteiger partial charge is 0.325 e. The van der Waals surface area contributed by atoms with Crippen LogP contribution in [-0.2, 0) is 0 Å². The van der Waals surface area contributed by atoms with E-state index in [9.17, 15) is 4.39 Å². The molecular weight excluding hydrogens is 249 g/mol. The molecule has 1 aromatic carbocycles. The van der Waals surface area contributed by atoms with Gasteiger partial charge in [-0.15, -0.1) is 0 Å². The monoisotopic (exact) mass is 259 g/mol. The van der Waals surface area contributed by atoms with Gasteiger partial charge < -0.3 is 5.73 Å². The molecule has 1 fully saturated rings. The molecular formula is C9H11BrFN3. The summed E-state index contributed by atoms with van der Waals surface area (Å²) in [7, 11) is 0. The summed E-state index contributed by atoms with van der Waals surface area (Å²) >= 11 is 3.15. The molecule has 1 aliphatic heterocycles. The fraction of sp³-hybridized carbons (Fsp3) is 0.333. The van der Waals surface area contributed by atoms with Gasteiger partial charge in [0.25, 0.3) is 0 Å². The van der Waals surface area contributed by atoms with Crippen LogP contribution in [0.15, 0.2) is 22.7 Å². The fourth-order valence-electron chi connectivity index (χ4n) is 1.55. The van der Waals surface area contributed by atoms with E-state index in [4.69, 9.17) is 5.73 Å². The molecule has 5 heteroatoms. The molecule has 2 rings (SSSR count). The van der Waals surface area contributed by atoms with Crippen LogP contribution in [0.4, 0.5) is 4.39 Å². The van der Waals surface area contributed by atoms with Crippen LogP contribution in [-0.4, -0.2) is 12.6 Å². The Morgan fingerprint density at radius 2 is 2.29 bits per heavy atom. The maximum absolute atomic E-state index is 13.0. The summed E-state index contributed by atoms with van der Waals surface area (Å²) in [6.07, 6.45) is 0. The van der Waals surface area contributed by atoms with Gasteiger partial charge in [-0.2, -0.15) is 0 Å². The van der Waals surface area contributed by atoms with E-state index in [2.05, 4.69) is 26.8 Å². The molecule has 0 bridgehead atoms. The standard InChI is InChI=1S/C9H11BrFN3/c10-6-3-5(1-2-7(6)11)9-8(12)4-13-14-9/h1-3,8-9,13-14H,4,12H2. The van der Waals surface area contributed by atoms with Crippen molar-refractivity contribution in [3.05, 3.63) is 34.1 Å². The quantitative estimate of drug-likeness (QED) is 0.707. The molecule has 76 valence electrons. The third-order valence-electron chi connectivity index (χ3n) is 2.33. The first-order valence-electron chi connectivity index (χ1n) is 4.37. The molecule has 1 saturated heterocycles. The Hall–Kier alpha value is -0.490. The van der Waals surface area contributed by atoms with E-state index in [1.54, 1.807) is 12.1 Å². The number of hydrogen-bond donors (Lipinski definition) is 3. The van der Waals surface area contributed by atoms with E-state index in [0.29, 0.717) is 4.47 Å². The molecule has 1 heterocycles. The van der Waals surface area contributed by atoms with Crippen molar-refractivity contribution in [3.63, 3.8) is 0 Å². The summed E-state index contributed by atoms with van der Waals surface area (Å²) in [5, 5.41) is 0. The Morgan fingerprint density at radius 3 is 2.86 bits per heavy atom. The third kappa shape index (κ3) is 1.81. The van der Waals surface area contributed by atoms with Gasteiger partial charge >= 0.3 is 0 Å². The molecule has 0 radical (unpaired) electrons. The van der Waals surface area contributed by atoms with Crippen LogP contribution in [0.3, 0.4) is 0 Å². The second-order valence-corrected chi connectivity index (χ2v) is 4.19. The van der Waals surface area contributed by atoms with Crippen molar-refractivity contribution >= 4 is 15.9 Å². The van der Waals surface area contributed by atoms with E-state index in [1.165, 1.54) is 6.07 Å². The van der Waals surface area contributed by atoms with Gasteiger partial charge in [-0.1, -0.05) is 6.07 Å². The Bertz CT molecular complexity index is 345. The maximum Gasteiger partial charge on any atom is 0.137 e. The van der Waals surface area contributed by atoms with E-state index in [0.717, 1.165) is 12.1 Å². The van der Waals surface area contributed by atoms with Crippen LogP contribution in [0.5, 0.6) is 0 Å². The summed E-state index contributed by atoms with van der Waals surface area (Å²) in [5.41, 5.74) is 12.9.